The SMILES string of the molecule is CC(=O)N[C@H]1CN(C(=O)c2cn[nH]c2C2CCCCC2)C[C@@H]1C(C)C. The number of rotatable bonds is 4. The molecule has 1 aliphatic carbocycles. The predicted molar refractivity (Wildman–Crippen MR) is 96.2 cm³/mol. The fraction of sp³-hybridized carbons (Fsp3) is 0.737. The van der Waals surface area contributed by atoms with Gasteiger partial charge in [-0.2, -0.15) is 5.10 Å². The first-order chi connectivity index (χ1) is 12.0. The molecule has 1 saturated heterocycles. The first-order valence-corrected chi connectivity index (χ1v) is 9.57. The fourth-order valence-electron chi connectivity index (χ4n) is 4.42. The van der Waals surface area contributed by atoms with Crippen molar-refractivity contribution in [2.24, 2.45) is 11.8 Å². The lowest BCUT2D eigenvalue weighted by Crippen LogP contribution is -2.41. The summed E-state index contributed by atoms with van der Waals surface area (Å²) in [5.41, 5.74) is 1.73. The van der Waals surface area contributed by atoms with E-state index >= 15 is 0 Å². The van der Waals surface area contributed by atoms with Gasteiger partial charge >= 0.3 is 0 Å². The van der Waals surface area contributed by atoms with Crippen LogP contribution in [-0.4, -0.2) is 46.0 Å². The Hall–Kier alpha value is -1.85. The van der Waals surface area contributed by atoms with E-state index in [4.69, 9.17) is 0 Å². The number of hydrogen-bond donors (Lipinski definition) is 2. The Balaban J connectivity index is 1.75. The lowest BCUT2D eigenvalue weighted by Gasteiger charge is -2.23. The molecule has 2 amide bonds. The van der Waals surface area contributed by atoms with Gasteiger partial charge in [-0.25, -0.2) is 0 Å². The van der Waals surface area contributed by atoms with E-state index in [1.807, 2.05) is 4.90 Å². The molecule has 6 heteroatoms. The Morgan fingerprint density at radius 2 is 1.96 bits per heavy atom. The lowest BCUT2D eigenvalue weighted by atomic mass is 9.85. The molecular weight excluding hydrogens is 316 g/mol. The van der Waals surface area contributed by atoms with Gasteiger partial charge in [0, 0.05) is 31.8 Å². The van der Waals surface area contributed by atoms with Crippen LogP contribution in [0, 0.1) is 11.8 Å². The standard InChI is InChI=1S/C19H30N4O2/c1-12(2)16-10-23(11-17(16)21-13(3)24)19(25)15-9-20-22-18(15)14-7-5-4-6-8-14/h9,12,14,16-17H,4-8,10-11H2,1-3H3,(H,20,22)(H,21,24)/t16-,17+/m1/s1. The highest BCUT2D eigenvalue weighted by Crippen LogP contribution is 2.34. The van der Waals surface area contributed by atoms with Crippen molar-refractivity contribution in [1.29, 1.82) is 0 Å². The van der Waals surface area contributed by atoms with Crippen molar-refractivity contribution in [2.45, 2.75) is 64.8 Å². The molecule has 138 valence electrons. The number of nitrogens with one attached hydrogen (secondary N) is 2. The van der Waals surface area contributed by atoms with E-state index in [1.54, 1.807) is 13.1 Å². The third-order valence-electron chi connectivity index (χ3n) is 5.81. The minimum Gasteiger partial charge on any atom is -0.351 e. The van der Waals surface area contributed by atoms with E-state index in [9.17, 15) is 9.59 Å². The summed E-state index contributed by atoms with van der Waals surface area (Å²) in [6, 6.07) is 0.0338. The zero-order valence-corrected chi connectivity index (χ0v) is 15.5. The van der Waals surface area contributed by atoms with Gasteiger partial charge in [-0.05, 0) is 18.8 Å². The van der Waals surface area contributed by atoms with Crippen molar-refractivity contribution in [2.75, 3.05) is 13.1 Å². The minimum absolute atomic E-state index is 0.0313. The Kier molecular flexibility index (Phi) is 5.45. The van der Waals surface area contributed by atoms with Gasteiger partial charge in [-0.15, -0.1) is 0 Å². The third-order valence-corrected chi connectivity index (χ3v) is 5.81. The van der Waals surface area contributed by atoms with Crippen LogP contribution in [0.2, 0.25) is 0 Å². The van der Waals surface area contributed by atoms with Gasteiger partial charge in [-0.1, -0.05) is 33.1 Å². The quantitative estimate of drug-likeness (QED) is 0.880. The molecule has 1 aliphatic heterocycles. The molecule has 2 fully saturated rings. The molecule has 0 bridgehead atoms. The Bertz CT molecular complexity index is 619. The first kappa shape index (κ1) is 18.0. The van der Waals surface area contributed by atoms with E-state index < -0.39 is 0 Å². The van der Waals surface area contributed by atoms with Gasteiger partial charge in [0.1, 0.15) is 0 Å². The number of amides is 2. The Morgan fingerprint density at radius 1 is 1.24 bits per heavy atom. The highest BCUT2D eigenvalue weighted by Gasteiger charge is 2.38. The minimum atomic E-state index is -0.0313. The van der Waals surface area contributed by atoms with Crippen LogP contribution in [0.3, 0.4) is 0 Å². The molecule has 1 aromatic heterocycles. The van der Waals surface area contributed by atoms with Crippen molar-refractivity contribution >= 4 is 11.8 Å². The van der Waals surface area contributed by atoms with Crippen LogP contribution in [0.25, 0.3) is 0 Å². The third kappa shape index (κ3) is 3.88. The van der Waals surface area contributed by atoms with E-state index in [0.29, 0.717) is 24.9 Å². The smallest absolute Gasteiger partial charge is 0.257 e. The molecule has 25 heavy (non-hydrogen) atoms. The molecule has 3 rings (SSSR count). The molecule has 2 N–H and O–H groups in total. The molecule has 0 aromatic carbocycles. The Morgan fingerprint density at radius 3 is 2.60 bits per heavy atom. The fourth-order valence-corrected chi connectivity index (χ4v) is 4.42. The summed E-state index contributed by atoms with van der Waals surface area (Å²) < 4.78 is 0. The number of likely N-dealkylation sites (tertiary alicyclic amines) is 1. The van der Waals surface area contributed by atoms with Crippen LogP contribution in [0.15, 0.2) is 6.20 Å². The van der Waals surface area contributed by atoms with Crippen molar-refractivity contribution in [3.05, 3.63) is 17.5 Å². The average molecular weight is 346 g/mol. The molecule has 1 aromatic rings. The maximum atomic E-state index is 13.1. The van der Waals surface area contributed by atoms with Crippen molar-refractivity contribution in [3.8, 4) is 0 Å². The summed E-state index contributed by atoms with van der Waals surface area (Å²) in [4.78, 5) is 26.5. The largest absolute Gasteiger partial charge is 0.351 e. The van der Waals surface area contributed by atoms with Crippen molar-refractivity contribution in [3.63, 3.8) is 0 Å². The predicted octanol–water partition coefficient (Wildman–Crippen LogP) is 2.69. The molecule has 0 unspecified atom stereocenters. The molecule has 2 aliphatic rings. The zero-order chi connectivity index (χ0) is 18.0. The van der Waals surface area contributed by atoms with Gasteiger partial charge in [0.15, 0.2) is 0 Å². The van der Waals surface area contributed by atoms with Gasteiger partial charge in [0.05, 0.1) is 23.5 Å². The van der Waals surface area contributed by atoms with E-state index in [2.05, 4.69) is 29.4 Å². The monoisotopic (exact) mass is 346 g/mol. The normalized spacial score (nSPS) is 24.7. The van der Waals surface area contributed by atoms with Gasteiger partial charge < -0.3 is 10.2 Å². The van der Waals surface area contributed by atoms with Crippen LogP contribution in [-0.2, 0) is 4.79 Å². The second-order valence-electron chi connectivity index (χ2n) is 7.96. The summed E-state index contributed by atoms with van der Waals surface area (Å²) in [6.07, 6.45) is 7.68. The molecule has 2 heterocycles. The lowest BCUT2D eigenvalue weighted by molar-refractivity contribution is -0.119. The number of hydrogen-bond acceptors (Lipinski definition) is 3. The molecule has 0 spiro atoms. The van der Waals surface area contributed by atoms with Gasteiger partial charge in [-0.3, -0.25) is 14.7 Å². The number of aromatic amines is 1. The van der Waals surface area contributed by atoms with Crippen LogP contribution < -0.4 is 5.32 Å². The molecule has 1 saturated carbocycles. The van der Waals surface area contributed by atoms with Crippen molar-refractivity contribution in [1.82, 2.24) is 20.4 Å². The topological polar surface area (TPSA) is 78.1 Å². The maximum Gasteiger partial charge on any atom is 0.257 e. The maximum absolute atomic E-state index is 13.1. The van der Waals surface area contributed by atoms with E-state index in [1.165, 1.54) is 19.3 Å². The van der Waals surface area contributed by atoms with Crippen LogP contribution in [0.4, 0.5) is 0 Å². The average Bonchev–Trinajstić information content (AvgIpc) is 3.21. The molecule has 2 atom stereocenters. The Labute approximate surface area is 149 Å². The number of H-pyrrole nitrogens is 1. The number of aromatic nitrogens is 2. The number of nitrogens with zero attached hydrogens (tertiary/aromatic N) is 2. The van der Waals surface area contributed by atoms with Crippen molar-refractivity contribution < 1.29 is 9.59 Å². The number of carbonyl (C=O) groups excluding carboxylic acids is 2. The van der Waals surface area contributed by atoms with Crippen LogP contribution >= 0.6 is 0 Å². The van der Waals surface area contributed by atoms with E-state index in [0.717, 1.165) is 24.1 Å². The zero-order valence-electron chi connectivity index (χ0n) is 15.5. The first-order valence-electron chi connectivity index (χ1n) is 9.57. The summed E-state index contributed by atoms with van der Waals surface area (Å²) in [5.74, 6) is 1.14. The molecular formula is C19H30N4O2. The van der Waals surface area contributed by atoms with Gasteiger partial charge in [0.2, 0.25) is 5.91 Å². The second-order valence-corrected chi connectivity index (χ2v) is 7.96. The highest BCUT2D eigenvalue weighted by molar-refractivity contribution is 5.95. The van der Waals surface area contributed by atoms with Crippen LogP contribution in [0.1, 0.15) is 74.8 Å². The summed E-state index contributed by atoms with van der Waals surface area (Å²) >= 11 is 0. The summed E-state index contributed by atoms with van der Waals surface area (Å²) in [6.45, 7) is 7.12. The highest BCUT2D eigenvalue weighted by atomic mass is 16.2. The molecule has 6 nitrogen and oxygen atoms in total. The summed E-state index contributed by atoms with van der Waals surface area (Å²) in [7, 11) is 0. The summed E-state index contributed by atoms with van der Waals surface area (Å²) in [5, 5.41) is 10.3. The molecule has 0 radical (unpaired) electrons. The van der Waals surface area contributed by atoms with Crippen LogP contribution in [0.5, 0.6) is 0 Å². The van der Waals surface area contributed by atoms with E-state index in [-0.39, 0.29) is 23.8 Å². The second kappa shape index (κ2) is 7.58. The van der Waals surface area contributed by atoms with Gasteiger partial charge in [0.25, 0.3) is 5.91 Å². The number of carbonyl (C=O) groups is 2.